The molecule has 0 amide bonds. The van der Waals surface area contributed by atoms with Gasteiger partial charge in [-0.25, -0.2) is 19.9 Å². The fourth-order valence-corrected chi connectivity index (χ4v) is 5.50. The maximum absolute atomic E-state index is 5.05. The summed E-state index contributed by atoms with van der Waals surface area (Å²) < 4.78 is 0. The largest absolute Gasteiger partial charge is 0.256 e. The lowest BCUT2D eigenvalue weighted by Gasteiger charge is -2.12. The molecule has 0 saturated heterocycles. The van der Waals surface area contributed by atoms with Crippen LogP contribution in [-0.2, 0) is 0 Å². The standard InChI is InChI=1S/C40H26N8/c1-5-23-41-29(11-1)27-19-21-35(47-39(27)37-13-3-7-25-43-37)33-17-9-15-31(45-33)32-16-10-18-34(46-32)36-22-20-28(30-12-2-6-24-42-30)40(48-36)38-14-4-8-26-44-38/h1-26H. The highest BCUT2D eigenvalue weighted by Crippen LogP contribution is 2.33. The molecule has 0 atom stereocenters. The third-order valence-corrected chi connectivity index (χ3v) is 7.77. The lowest BCUT2D eigenvalue weighted by atomic mass is 10.0. The molecule has 226 valence electrons. The molecule has 0 saturated carbocycles. The molecule has 8 nitrogen and oxygen atoms in total. The van der Waals surface area contributed by atoms with Crippen molar-refractivity contribution >= 4 is 0 Å². The van der Waals surface area contributed by atoms with E-state index in [4.69, 9.17) is 19.9 Å². The molecule has 0 aliphatic rings. The lowest BCUT2D eigenvalue weighted by molar-refractivity contribution is 1.19. The second-order valence-corrected chi connectivity index (χ2v) is 10.9. The molecule has 0 N–H and O–H groups in total. The van der Waals surface area contributed by atoms with E-state index in [1.54, 1.807) is 24.8 Å². The minimum Gasteiger partial charge on any atom is -0.256 e. The molecule has 0 unspecified atom stereocenters. The molecule has 0 fully saturated rings. The van der Waals surface area contributed by atoms with E-state index in [1.165, 1.54) is 0 Å². The van der Waals surface area contributed by atoms with E-state index in [-0.39, 0.29) is 0 Å². The van der Waals surface area contributed by atoms with Crippen LogP contribution >= 0.6 is 0 Å². The Morgan fingerprint density at radius 1 is 0.229 bits per heavy atom. The van der Waals surface area contributed by atoms with E-state index in [1.807, 2.05) is 133 Å². The summed E-state index contributed by atoms with van der Waals surface area (Å²) in [5.74, 6) is 0. The monoisotopic (exact) mass is 618 g/mol. The normalized spacial score (nSPS) is 10.9. The van der Waals surface area contributed by atoms with Crippen molar-refractivity contribution < 1.29 is 0 Å². The van der Waals surface area contributed by atoms with Crippen molar-refractivity contribution in [1.29, 1.82) is 0 Å². The Morgan fingerprint density at radius 2 is 0.542 bits per heavy atom. The number of nitrogens with zero attached hydrogens (tertiary/aromatic N) is 8. The fraction of sp³-hybridized carbons (Fsp3) is 0. The van der Waals surface area contributed by atoms with Gasteiger partial charge in [0.2, 0.25) is 0 Å². The molecule has 0 radical (unpaired) electrons. The van der Waals surface area contributed by atoms with Crippen molar-refractivity contribution in [3.8, 4) is 79.5 Å². The van der Waals surface area contributed by atoms with Crippen LogP contribution in [0.2, 0.25) is 0 Å². The molecule has 0 aliphatic heterocycles. The number of aromatic nitrogens is 8. The lowest BCUT2D eigenvalue weighted by Crippen LogP contribution is -1.98. The van der Waals surface area contributed by atoms with Crippen LogP contribution in [0.15, 0.2) is 158 Å². The van der Waals surface area contributed by atoms with Crippen LogP contribution in [0, 0.1) is 0 Å². The SMILES string of the molecule is c1ccc(-c2ccc(-c3cccc(-c4cccc(-c5ccc(-c6ccccn6)c(-c6ccccn6)n5)n4)n3)nc2-c2ccccn2)nc1. The molecule has 8 aromatic heterocycles. The number of hydrogen-bond donors (Lipinski definition) is 0. The van der Waals surface area contributed by atoms with Crippen LogP contribution in [0.4, 0.5) is 0 Å². The van der Waals surface area contributed by atoms with Crippen molar-refractivity contribution in [2.24, 2.45) is 0 Å². The molecule has 8 heterocycles. The summed E-state index contributed by atoms with van der Waals surface area (Å²) in [4.78, 5) is 38.4. The first kappa shape index (κ1) is 28.7. The van der Waals surface area contributed by atoms with Gasteiger partial charge in [0.15, 0.2) is 0 Å². The van der Waals surface area contributed by atoms with E-state index in [0.717, 1.165) is 79.5 Å². The Morgan fingerprint density at radius 3 is 0.875 bits per heavy atom. The fourth-order valence-electron chi connectivity index (χ4n) is 5.50. The van der Waals surface area contributed by atoms with Gasteiger partial charge in [0.25, 0.3) is 0 Å². The Kier molecular flexibility index (Phi) is 7.70. The first-order valence-electron chi connectivity index (χ1n) is 15.4. The average Bonchev–Trinajstić information content (AvgIpc) is 3.19. The minimum atomic E-state index is 0.722. The maximum Gasteiger partial charge on any atom is 0.0988 e. The highest BCUT2D eigenvalue weighted by molar-refractivity contribution is 5.81. The van der Waals surface area contributed by atoms with Gasteiger partial charge in [0, 0.05) is 35.9 Å². The molecular formula is C40H26N8. The van der Waals surface area contributed by atoms with E-state index >= 15 is 0 Å². The first-order chi connectivity index (χ1) is 23.8. The second-order valence-electron chi connectivity index (χ2n) is 10.9. The van der Waals surface area contributed by atoms with Crippen LogP contribution in [0.25, 0.3) is 79.5 Å². The first-order valence-corrected chi connectivity index (χ1v) is 15.4. The third kappa shape index (κ3) is 5.81. The summed E-state index contributed by atoms with van der Waals surface area (Å²) in [6, 6.07) is 43.0. The zero-order valence-corrected chi connectivity index (χ0v) is 25.6. The van der Waals surface area contributed by atoms with Crippen LogP contribution in [0.3, 0.4) is 0 Å². The molecule has 8 aromatic rings. The molecule has 0 bridgehead atoms. The van der Waals surface area contributed by atoms with E-state index in [2.05, 4.69) is 19.9 Å². The predicted molar refractivity (Wildman–Crippen MR) is 187 cm³/mol. The van der Waals surface area contributed by atoms with Crippen molar-refractivity contribution in [2.75, 3.05) is 0 Å². The molecule has 0 aromatic carbocycles. The molecule has 0 aliphatic carbocycles. The molecule has 0 spiro atoms. The molecular weight excluding hydrogens is 592 g/mol. The van der Waals surface area contributed by atoms with Gasteiger partial charge in [-0.3, -0.25) is 19.9 Å². The topological polar surface area (TPSA) is 103 Å². The van der Waals surface area contributed by atoms with Gasteiger partial charge in [-0.1, -0.05) is 36.4 Å². The summed E-state index contributed by atoms with van der Waals surface area (Å²) in [5.41, 5.74) is 10.8. The van der Waals surface area contributed by atoms with Gasteiger partial charge in [0.05, 0.1) is 68.3 Å². The zero-order chi connectivity index (χ0) is 32.1. The molecule has 8 heteroatoms. The predicted octanol–water partition coefficient (Wildman–Crippen LogP) is 8.52. The Bertz CT molecular complexity index is 2160. The van der Waals surface area contributed by atoms with E-state index < -0.39 is 0 Å². The van der Waals surface area contributed by atoms with Crippen LogP contribution in [0.5, 0.6) is 0 Å². The third-order valence-electron chi connectivity index (χ3n) is 7.77. The van der Waals surface area contributed by atoms with Gasteiger partial charge in [-0.2, -0.15) is 0 Å². The summed E-state index contributed by atoms with van der Waals surface area (Å²) in [7, 11) is 0. The summed E-state index contributed by atoms with van der Waals surface area (Å²) in [5, 5.41) is 0. The molecule has 8 rings (SSSR count). The summed E-state index contributed by atoms with van der Waals surface area (Å²) >= 11 is 0. The maximum atomic E-state index is 5.05. The zero-order valence-electron chi connectivity index (χ0n) is 25.6. The van der Waals surface area contributed by atoms with Gasteiger partial charge >= 0.3 is 0 Å². The number of pyridine rings is 8. The van der Waals surface area contributed by atoms with Gasteiger partial charge in [-0.05, 0) is 97.1 Å². The number of rotatable bonds is 7. The average molecular weight is 619 g/mol. The Labute approximate surface area is 277 Å². The molecule has 48 heavy (non-hydrogen) atoms. The smallest absolute Gasteiger partial charge is 0.0988 e. The highest BCUT2D eigenvalue weighted by Gasteiger charge is 2.16. The quantitative estimate of drug-likeness (QED) is 0.175. The van der Waals surface area contributed by atoms with Crippen molar-refractivity contribution in [3.63, 3.8) is 0 Å². The number of hydrogen-bond acceptors (Lipinski definition) is 8. The summed E-state index contributed by atoms with van der Waals surface area (Å²) in [6.07, 6.45) is 7.09. The van der Waals surface area contributed by atoms with Crippen molar-refractivity contribution in [2.45, 2.75) is 0 Å². The van der Waals surface area contributed by atoms with Crippen LogP contribution in [0.1, 0.15) is 0 Å². The van der Waals surface area contributed by atoms with Crippen LogP contribution in [-0.4, -0.2) is 39.9 Å². The van der Waals surface area contributed by atoms with Crippen molar-refractivity contribution in [3.05, 3.63) is 158 Å². The Balaban J connectivity index is 1.17. The second kappa shape index (κ2) is 12.9. The van der Waals surface area contributed by atoms with E-state index in [0.29, 0.717) is 0 Å². The highest BCUT2D eigenvalue weighted by atomic mass is 14.9. The van der Waals surface area contributed by atoms with Gasteiger partial charge < -0.3 is 0 Å². The van der Waals surface area contributed by atoms with E-state index in [9.17, 15) is 0 Å². The van der Waals surface area contributed by atoms with Crippen LogP contribution < -0.4 is 0 Å². The van der Waals surface area contributed by atoms with Gasteiger partial charge in [0.1, 0.15) is 0 Å². The van der Waals surface area contributed by atoms with Gasteiger partial charge in [-0.15, -0.1) is 0 Å². The Hall–Kier alpha value is -6.80. The van der Waals surface area contributed by atoms with Crippen molar-refractivity contribution in [1.82, 2.24) is 39.9 Å². The summed E-state index contributed by atoms with van der Waals surface area (Å²) in [6.45, 7) is 0. The minimum absolute atomic E-state index is 0.722.